The molecule has 1 N–H and O–H groups in total. The first-order chi connectivity index (χ1) is 14.1. The zero-order valence-corrected chi connectivity index (χ0v) is 16.3. The summed E-state index contributed by atoms with van der Waals surface area (Å²) in [5.74, 6) is 1.19. The van der Waals surface area contributed by atoms with Crippen LogP contribution < -0.4 is 19.5 Å². The second-order valence-electron chi connectivity index (χ2n) is 6.31. The maximum Gasteiger partial charge on any atom is 0.255 e. The minimum absolute atomic E-state index is 0.234. The Morgan fingerprint density at radius 1 is 0.897 bits per heavy atom. The standard InChI is InChI=1S/C23H22FNO4/c1-27-19-11-17(12-20(13-19)28-2)14-25-23(26)21-5-3-4-6-22(21)29-15-16-7-9-18(24)10-8-16/h3-13H,14-15H2,1-2H3,(H,25,26). The first-order valence-electron chi connectivity index (χ1n) is 9.05. The number of methoxy groups -OCH3 is 2. The van der Waals surface area contributed by atoms with Gasteiger partial charge in [-0.05, 0) is 47.5 Å². The maximum absolute atomic E-state index is 13.0. The molecule has 1 amide bonds. The van der Waals surface area contributed by atoms with Gasteiger partial charge in [-0.3, -0.25) is 4.79 Å². The first kappa shape index (κ1) is 20.2. The van der Waals surface area contributed by atoms with Gasteiger partial charge in [0.15, 0.2) is 0 Å². The Morgan fingerprint density at radius 2 is 1.55 bits per heavy atom. The second kappa shape index (κ2) is 9.59. The number of hydrogen-bond acceptors (Lipinski definition) is 4. The largest absolute Gasteiger partial charge is 0.497 e. The van der Waals surface area contributed by atoms with Gasteiger partial charge >= 0.3 is 0 Å². The predicted molar refractivity (Wildman–Crippen MR) is 108 cm³/mol. The number of ether oxygens (including phenoxy) is 3. The Hall–Kier alpha value is -3.54. The SMILES string of the molecule is COc1cc(CNC(=O)c2ccccc2OCc2ccc(F)cc2)cc(OC)c1. The minimum atomic E-state index is -0.303. The molecule has 0 radical (unpaired) electrons. The van der Waals surface area contributed by atoms with Crippen LogP contribution in [0, 0.1) is 5.82 Å². The van der Waals surface area contributed by atoms with Gasteiger partial charge in [-0.15, -0.1) is 0 Å². The zero-order valence-electron chi connectivity index (χ0n) is 16.3. The molecular formula is C23H22FNO4. The summed E-state index contributed by atoms with van der Waals surface area (Å²) >= 11 is 0. The molecule has 6 heteroatoms. The molecule has 0 saturated heterocycles. The van der Waals surface area contributed by atoms with Crippen LogP contribution in [0.5, 0.6) is 17.2 Å². The summed E-state index contributed by atoms with van der Waals surface area (Å²) in [7, 11) is 3.15. The van der Waals surface area contributed by atoms with Gasteiger partial charge in [-0.2, -0.15) is 0 Å². The van der Waals surface area contributed by atoms with Crippen LogP contribution in [-0.2, 0) is 13.2 Å². The molecule has 0 heterocycles. The van der Waals surface area contributed by atoms with Gasteiger partial charge in [0.1, 0.15) is 29.7 Å². The van der Waals surface area contributed by atoms with Crippen molar-refractivity contribution in [2.24, 2.45) is 0 Å². The molecule has 0 fully saturated rings. The third-order valence-electron chi connectivity index (χ3n) is 4.30. The molecule has 150 valence electrons. The number of carbonyl (C=O) groups excluding carboxylic acids is 1. The van der Waals surface area contributed by atoms with E-state index >= 15 is 0 Å². The molecule has 0 aliphatic carbocycles. The predicted octanol–water partition coefficient (Wildman–Crippen LogP) is 4.35. The lowest BCUT2D eigenvalue weighted by Crippen LogP contribution is -2.23. The fourth-order valence-electron chi connectivity index (χ4n) is 2.77. The summed E-state index contributed by atoms with van der Waals surface area (Å²) < 4.78 is 29.3. The molecule has 0 atom stereocenters. The van der Waals surface area contributed by atoms with E-state index in [4.69, 9.17) is 14.2 Å². The van der Waals surface area contributed by atoms with Crippen molar-refractivity contribution in [2.75, 3.05) is 14.2 Å². The van der Waals surface area contributed by atoms with Gasteiger partial charge in [-0.1, -0.05) is 24.3 Å². The lowest BCUT2D eigenvalue weighted by molar-refractivity contribution is 0.0946. The van der Waals surface area contributed by atoms with Gasteiger partial charge in [0.05, 0.1) is 19.8 Å². The normalized spacial score (nSPS) is 10.3. The van der Waals surface area contributed by atoms with E-state index in [1.165, 1.54) is 12.1 Å². The molecule has 0 saturated carbocycles. The van der Waals surface area contributed by atoms with Crippen LogP contribution in [-0.4, -0.2) is 20.1 Å². The molecule has 0 unspecified atom stereocenters. The van der Waals surface area contributed by atoms with Gasteiger partial charge in [0.25, 0.3) is 5.91 Å². The summed E-state index contributed by atoms with van der Waals surface area (Å²) in [4.78, 5) is 12.7. The van der Waals surface area contributed by atoms with Crippen LogP contribution in [0.2, 0.25) is 0 Å². The van der Waals surface area contributed by atoms with Crippen molar-refractivity contribution in [2.45, 2.75) is 13.2 Å². The maximum atomic E-state index is 13.0. The molecule has 0 bridgehead atoms. The number of nitrogens with one attached hydrogen (secondary N) is 1. The van der Waals surface area contributed by atoms with Gasteiger partial charge < -0.3 is 19.5 Å². The van der Waals surface area contributed by atoms with Crippen LogP contribution in [0.25, 0.3) is 0 Å². The van der Waals surface area contributed by atoms with E-state index in [0.717, 1.165) is 11.1 Å². The Bertz CT molecular complexity index is 951. The van der Waals surface area contributed by atoms with Crippen LogP contribution >= 0.6 is 0 Å². The van der Waals surface area contributed by atoms with Crippen molar-refractivity contribution in [1.82, 2.24) is 5.32 Å². The van der Waals surface area contributed by atoms with Crippen molar-refractivity contribution < 1.29 is 23.4 Å². The highest BCUT2D eigenvalue weighted by molar-refractivity contribution is 5.96. The zero-order chi connectivity index (χ0) is 20.6. The number of carbonyl (C=O) groups is 1. The number of hydrogen-bond donors (Lipinski definition) is 1. The van der Waals surface area contributed by atoms with E-state index in [1.54, 1.807) is 56.7 Å². The topological polar surface area (TPSA) is 56.8 Å². The smallest absolute Gasteiger partial charge is 0.255 e. The molecule has 3 aromatic carbocycles. The molecule has 3 aromatic rings. The molecule has 0 aliphatic rings. The van der Waals surface area contributed by atoms with Crippen molar-refractivity contribution in [3.05, 3.63) is 89.2 Å². The summed E-state index contributed by atoms with van der Waals surface area (Å²) in [6.45, 7) is 0.538. The molecular weight excluding hydrogens is 373 g/mol. The Kier molecular flexibility index (Phi) is 6.68. The monoisotopic (exact) mass is 395 g/mol. The Balaban J connectivity index is 1.67. The van der Waals surface area contributed by atoms with Gasteiger partial charge in [0, 0.05) is 12.6 Å². The molecule has 0 spiro atoms. The van der Waals surface area contributed by atoms with Crippen LogP contribution in [0.15, 0.2) is 66.7 Å². The average Bonchev–Trinajstić information content (AvgIpc) is 2.77. The molecule has 5 nitrogen and oxygen atoms in total. The highest BCUT2D eigenvalue weighted by Gasteiger charge is 2.13. The van der Waals surface area contributed by atoms with E-state index in [0.29, 0.717) is 29.4 Å². The number of para-hydroxylation sites is 1. The summed E-state index contributed by atoms with van der Waals surface area (Å²) in [5, 5.41) is 2.88. The molecule has 0 aromatic heterocycles. The van der Waals surface area contributed by atoms with E-state index in [9.17, 15) is 9.18 Å². The lowest BCUT2D eigenvalue weighted by Gasteiger charge is -2.13. The number of halogens is 1. The fraction of sp³-hybridized carbons (Fsp3) is 0.174. The third-order valence-corrected chi connectivity index (χ3v) is 4.30. The Morgan fingerprint density at radius 3 is 2.21 bits per heavy atom. The van der Waals surface area contributed by atoms with Crippen molar-refractivity contribution >= 4 is 5.91 Å². The quantitative estimate of drug-likeness (QED) is 0.616. The Labute approximate surface area is 169 Å². The van der Waals surface area contributed by atoms with Crippen LogP contribution in [0.4, 0.5) is 4.39 Å². The van der Waals surface area contributed by atoms with E-state index < -0.39 is 0 Å². The van der Waals surface area contributed by atoms with Crippen molar-refractivity contribution in [1.29, 1.82) is 0 Å². The highest BCUT2D eigenvalue weighted by Crippen LogP contribution is 2.23. The first-order valence-corrected chi connectivity index (χ1v) is 9.05. The van der Waals surface area contributed by atoms with Crippen molar-refractivity contribution in [3.63, 3.8) is 0 Å². The number of amides is 1. The highest BCUT2D eigenvalue weighted by atomic mass is 19.1. The third kappa shape index (κ3) is 5.48. The molecule has 0 aliphatic heterocycles. The average molecular weight is 395 g/mol. The van der Waals surface area contributed by atoms with E-state index in [2.05, 4.69) is 5.32 Å². The molecule has 29 heavy (non-hydrogen) atoms. The second-order valence-corrected chi connectivity index (χ2v) is 6.31. The summed E-state index contributed by atoms with van der Waals surface area (Å²) in [6, 6.07) is 18.5. The minimum Gasteiger partial charge on any atom is -0.497 e. The summed E-state index contributed by atoms with van der Waals surface area (Å²) in [5.41, 5.74) is 2.08. The van der Waals surface area contributed by atoms with Crippen molar-refractivity contribution in [3.8, 4) is 17.2 Å². The van der Waals surface area contributed by atoms with E-state index in [1.807, 2.05) is 12.1 Å². The number of rotatable bonds is 8. The fourth-order valence-corrected chi connectivity index (χ4v) is 2.77. The van der Waals surface area contributed by atoms with E-state index in [-0.39, 0.29) is 18.3 Å². The van der Waals surface area contributed by atoms with Crippen LogP contribution in [0.1, 0.15) is 21.5 Å². The van der Waals surface area contributed by atoms with Crippen LogP contribution in [0.3, 0.4) is 0 Å². The number of benzene rings is 3. The molecule has 3 rings (SSSR count). The van der Waals surface area contributed by atoms with Gasteiger partial charge in [0.2, 0.25) is 0 Å². The van der Waals surface area contributed by atoms with Gasteiger partial charge in [-0.25, -0.2) is 4.39 Å². The summed E-state index contributed by atoms with van der Waals surface area (Å²) in [6.07, 6.45) is 0. The lowest BCUT2D eigenvalue weighted by atomic mass is 10.1.